The highest BCUT2D eigenvalue weighted by Gasteiger charge is 2.06. The van der Waals surface area contributed by atoms with E-state index in [0.29, 0.717) is 0 Å². The minimum absolute atomic E-state index is 0.810. The molecule has 0 amide bonds. The Balaban J connectivity index is 1.59. The van der Waals surface area contributed by atoms with Crippen LogP contribution >= 0.6 is 22.7 Å². The van der Waals surface area contributed by atoms with Crippen molar-refractivity contribution < 1.29 is 0 Å². The van der Waals surface area contributed by atoms with E-state index >= 15 is 0 Å². The van der Waals surface area contributed by atoms with E-state index in [1.54, 1.807) is 0 Å². The third-order valence-electron chi connectivity index (χ3n) is 3.81. The molecule has 0 aliphatic rings. The maximum atomic E-state index is 4.28. The van der Waals surface area contributed by atoms with Crippen molar-refractivity contribution >= 4 is 32.8 Å². The van der Waals surface area contributed by atoms with E-state index in [1.165, 1.54) is 30.3 Å². The summed E-state index contributed by atoms with van der Waals surface area (Å²) in [6.45, 7) is 4.07. The summed E-state index contributed by atoms with van der Waals surface area (Å²) in [5, 5.41) is 1.35. The second-order valence-electron chi connectivity index (χ2n) is 5.69. The van der Waals surface area contributed by atoms with Gasteiger partial charge in [-0.25, -0.2) is 9.97 Å². The van der Waals surface area contributed by atoms with Crippen molar-refractivity contribution in [1.29, 1.82) is 0 Å². The molecule has 4 heteroatoms. The van der Waals surface area contributed by atoms with Gasteiger partial charge >= 0.3 is 0 Å². The molecular weight excluding hydrogens is 320 g/mol. The van der Waals surface area contributed by atoms with E-state index in [4.69, 9.17) is 0 Å². The van der Waals surface area contributed by atoms with Crippen LogP contribution in [0.2, 0.25) is 0 Å². The van der Waals surface area contributed by atoms with Gasteiger partial charge in [-0.05, 0) is 49.1 Å². The molecule has 1 aromatic carbocycles. The molecule has 0 aliphatic heterocycles. The number of rotatable bonds is 3. The number of aromatic nitrogens is 2. The molecule has 0 N–H and O–H groups in total. The highest BCUT2D eigenvalue weighted by atomic mass is 32.1. The first-order chi connectivity index (χ1) is 11.2. The van der Waals surface area contributed by atoms with E-state index < -0.39 is 0 Å². The van der Waals surface area contributed by atoms with Crippen LogP contribution in [-0.4, -0.2) is 9.97 Å². The van der Waals surface area contributed by atoms with Crippen LogP contribution in [0.15, 0.2) is 48.8 Å². The normalized spacial score (nSPS) is 11.2. The third-order valence-corrected chi connectivity index (χ3v) is 5.96. The fourth-order valence-corrected chi connectivity index (χ4v) is 4.67. The van der Waals surface area contributed by atoms with Crippen molar-refractivity contribution in [2.45, 2.75) is 20.3 Å². The number of nitrogens with zero attached hydrogens (tertiary/aromatic N) is 2. The van der Waals surface area contributed by atoms with Gasteiger partial charge < -0.3 is 0 Å². The molecule has 0 fully saturated rings. The van der Waals surface area contributed by atoms with E-state index in [0.717, 1.165) is 17.8 Å². The second-order valence-corrected chi connectivity index (χ2v) is 8.15. The molecule has 2 nitrogen and oxygen atoms in total. The maximum Gasteiger partial charge on any atom is 0.125 e. The summed E-state index contributed by atoms with van der Waals surface area (Å²) in [5.74, 6) is 0.810. The van der Waals surface area contributed by atoms with Gasteiger partial charge in [0, 0.05) is 43.7 Å². The van der Waals surface area contributed by atoms with Crippen LogP contribution in [0.5, 0.6) is 0 Å². The first kappa shape index (κ1) is 14.5. The Hall–Kier alpha value is -2.04. The molecule has 0 bridgehead atoms. The molecule has 0 radical (unpaired) electrons. The van der Waals surface area contributed by atoms with Gasteiger partial charge in [-0.2, -0.15) is 0 Å². The maximum absolute atomic E-state index is 4.28. The predicted molar refractivity (Wildman–Crippen MR) is 99.5 cm³/mol. The van der Waals surface area contributed by atoms with Gasteiger partial charge in [0.05, 0.1) is 0 Å². The quantitative estimate of drug-likeness (QED) is 0.485. The number of hydrogen-bond acceptors (Lipinski definition) is 4. The summed E-state index contributed by atoms with van der Waals surface area (Å²) < 4.78 is 1.38. The number of aryl methyl sites for hydroxylation is 2. The van der Waals surface area contributed by atoms with E-state index in [-0.39, 0.29) is 0 Å². The van der Waals surface area contributed by atoms with Crippen molar-refractivity contribution in [3.63, 3.8) is 0 Å². The molecule has 4 aromatic rings. The average molecular weight is 336 g/mol. The molecule has 23 heavy (non-hydrogen) atoms. The Morgan fingerprint density at radius 3 is 2.57 bits per heavy atom. The van der Waals surface area contributed by atoms with Crippen molar-refractivity contribution in [2.75, 3.05) is 0 Å². The number of hydrogen-bond donors (Lipinski definition) is 0. The van der Waals surface area contributed by atoms with Crippen LogP contribution in [0.25, 0.3) is 20.5 Å². The lowest BCUT2D eigenvalue weighted by atomic mass is 10.1. The van der Waals surface area contributed by atoms with Crippen LogP contribution in [0, 0.1) is 13.8 Å². The molecule has 0 atom stereocenters. The Kier molecular flexibility index (Phi) is 3.71. The molecule has 4 rings (SSSR count). The molecule has 3 aromatic heterocycles. The average Bonchev–Trinajstić information content (AvgIpc) is 3.13. The number of benzene rings is 1. The molecule has 0 saturated carbocycles. The van der Waals surface area contributed by atoms with Gasteiger partial charge in [-0.15, -0.1) is 22.7 Å². The van der Waals surface area contributed by atoms with E-state index in [9.17, 15) is 0 Å². The van der Waals surface area contributed by atoms with Crippen molar-refractivity contribution in [1.82, 2.24) is 9.97 Å². The molecule has 0 unspecified atom stereocenters. The predicted octanol–water partition coefficient (Wildman–Crippen LogP) is 5.63. The lowest BCUT2D eigenvalue weighted by Crippen LogP contribution is -1.85. The Bertz CT molecular complexity index is 965. The molecular formula is C19H16N2S2. The highest BCUT2D eigenvalue weighted by molar-refractivity contribution is 7.19. The summed E-state index contributed by atoms with van der Waals surface area (Å²) >= 11 is 3.69. The summed E-state index contributed by atoms with van der Waals surface area (Å²) in [4.78, 5) is 12.5. The molecule has 114 valence electrons. The standard InChI is InChI=1S/C19H16N2S2/c1-12-7-15-4-3-14(9-19(15)22-12)8-17-5-6-18(23-17)16-10-20-13(2)21-11-16/h3-7,9-11H,8H2,1-2H3. The number of fused-ring (bicyclic) bond motifs is 1. The van der Waals surface area contributed by atoms with Crippen molar-refractivity contribution in [2.24, 2.45) is 0 Å². The zero-order valence-electron chi connectivity index (χ0n) is 13.0. The van der Waals surface area contributed by atoms with Crippen molar-refractivity contribution in [3.05, 3.63) is 69.9 Å². The zero-order chi connectivity index (χ0) is 15.8. The highest BCUT2D eigenvalue weighted by Crippen LogP contribution is 2.30. The lowest BCUT2D eigenvalue weighted by Gasteiger charge is -2.00. The topological polar surface area (TPSA) is 25.8 Å². The van der Waals surface area contributed by atoms with Crippen LogP contribution in [0.3, 0.4) is 0 Å². The smallest absolute Gasteiger partial charge is 0.125 e. The fraction of sp³-hybridized carbons (Fsp3) is 0.158. The SMILES string of the molecule is Cc1ncc(-c2ccc(Cc3ccc4cc(C)sc4c3)s2)cn1. The Labute approximate surface area is 143 Å². The van der Waals surface area contributed by atoms with Gasteiger partial charge in [-0.3, -0.25) is 0 Å². The minimum atomic E-state index is 0.810. The van der Waals surface area contributed by atoms with Crippen LogP contribution < -0.4 is 0 Å². The second kappa shape index (κ2) is 5.87. The van der Waals surface area contributed by atoms with Crippen LogP contribution in [-0.2, 0) is 6.42 Å². The van der Waals surface area contributed by atoms with E-state index in [1.807, 2.05) is 42.0 Å². The van der Waals surface area contributed by atoms with Crippen LogP contribution in [0.1, 0.15) is 21.1 Å². The van der Waals surface area contributed by atoms with Gasteiger partial charge in [-0.1, -0.05) is 12.1 Å². The summed E-state index contributed by atoms with van der Waals surface area (Å²) in [7, 11) is 0. The summed E-state index contributed by atoms with van der Waals surface area (Å²) in [5.41, 5.74) is 2.46. The zero-order valence-corrected chi connectivity index (χ0v) is 14.7. The lowest BCUT2D eigenvalue weighted by molar-refractivity contribution is 1.06. The largest absolute Gasteiger partial charge is 0.241 e. The Morgan fingerprint density at radius 1 is 0.913 bits per heavy atom. The molecule has 0 spiro atoms. The van der Waals surface area contributed by atoms with Gasteiger partial charge in [0.2, 0.25) is 0 Å². The first-order valence-electron chi connectivity index (χ1n) is 7.54. The first-order valence-corrected chi connectivity index (χ1v) is 9.17. The fourth-order valence-electron chi connectivity index (χ4n) is 2.67. The number of thiophene rings is 2. The van der Waals surface area contributed by atoms with Gasteiger partial charge in [0.25, 0.3) is 0 Å². The van der Waals surface area contributed by atoms with E-state index in [2.05, 4.69) is 53.3 Å². The molecule has 3 heterocycles. The molecule has 0 saturated heterocycles. The summed E-state index contributed by atoms with van der Waals surface area (Å²) in [6, 6.07) is 13.4. The monoisotopic (exact) mass is 336 g/mol. The van der Waals surface area contributed by atoms with Crippen molar-refractivity contribution in [3.8, 4) is 10.4 Å². The van der Waals surface area contributed by atoms with Gasteiger partial charge in [0.15, 0.2) is 0 Å². The van der Waals surface area contributed by atoms with Gasteiger partial charge in [0.1, 0.15) is 5.82 Å². The minimum Gasteiger partial charge on any atom is -0.241 e. The third kappa shape index (κ3) is 3.05. The molecule has 0 aliphatic carbocycles. The van der Waals surface area contributed by atoms with Crippen LogP contribution in [0.4, 0.5) is 0 Å². The summed E-state index contributed by atoms with van der Waals surface area (Å²) in [6.07, 6.45) is 4.78. The Morgan fingerprint density at radius 2 is 1.74 bits per heavy atom.